The third-order valence-corrected chi connectivity index (χ3v) is 3.49. The molecule has 3 nitrogen and oxygen atoms in total. The number of alkyl halides is 3. The van der Waals surface area contributed by atoms with Crippen LogP contribution >= 0.6 is 11.6 Å². The summed E-state index contributed by atoms with van der Waals surface area (Å²) in [4.78, 5) is 0. The molecule has 0 aliphatic carbocycles. The minimum absolute atomic E-state index is 0.0356. The van der Waals surface area contributed by atoms with Gasteiger partial charge in [-0.1, -0.05) is 24.6 Å². The Hall–Kier alpha value is -1.53. The highest BCUT2D eigenvalue weighted by Crippen LogP contribution is 2.30. The lowest BCUT2D eigenvalue weighted by atomic mass is 10.0. The molecule has 0 fully saturated rings. The van der Waals surface area contributed by atoms with E-state index in [-0.39, 0.29) is 6.04 Å². The zero-order valence-electron chi connectivity index (χ0n) is 11.4. The lowest BCUT2D eigenvalue weighted by Gasteiger charge is -2.11. The standard InChI is InChI=1S/C14H15ClF3N3/c1-2-11(19)5-9-3-4-13(12(15)6-9)21-8-10(7-20-21)14(16,17)18/h3-4,6-8,11H,2,5,19H2,1H3. The van der Waals surface area contributed by atoms with E-state index in [4.69, 9.17) is 17.3 Å². The van der Waals surface area contributed by atoms with Gasteiger partial charge in [0.15, 0.2) is 0 Å². The Labute approximate surface area is 125 Å². The van der Waals surface area contributed by atoms with Gasteiger partial charge >= 0.3 is 6.18 Å². The fraction of sp³-hybridized carbons (Fsp3) is 0.357. The first-order valence-corrected chi connectivity index (χ1v) is 6.85. The number of benzene rings is 1. The number of nitrogens with two attached hydrogens (primary N) is 1. The highest BCUT2D eigenvalue weighted by atomic mass is 35.5. The Bertz CT molecular complexity index is 622. The molecule has 0 amide bonds. The van der Waals surface area contributed by atoms with Gasteiger partial charge in [0.2, 0.25) is 0 Å². The van der Waals surface area contributed by atoms with Crippen LogP contribution in [0.2, 0.25) is 5.02 Å². The zero-order chi connectivity index (χ0) is 15.6. The van der Waals surface area contributed by atoms with Crippen molar-refractivity contribution in [1.29, 1.82) is 0 Å². The highest BCUT2D eigenvalue weighted by Gasteiger charge is 2.32. The second-order valence-corrected chi connectivity index (χ2v) is 5.24. The average Bonchev–Trinajstić information content (AvgIpc) is 2.88. The van der Waals surface area contributed by atoms with E-state index in [1.165, 1.54) is 0 Å². The van der Waals surface area contributed by atoms with Gasteiger partial charge in [0, 0.05) is 12.2 Å². The minimum Gasteiger partial charge on any atom is -0.327 e. The SMILES string of the molecule is CCC(N)Cc1ccc(-n2cc(C(F)(F)F)cn2)c(Cl)c1. The van der Waals surface area contributed by atoms with Gasteiger partial charge < -0.3 is 5.73 Å². The first kappa shape index (κ1) is 15.9. The van der Waals surface area contributed by atoms with Gasteiger partial charge in [-0.3, -0.25) is 0 Å². The summed E-state index contributed by atoms with van der Waals surface area (Å²) < 4.78 is 38.8. The summed E-state index contributed by atoms with van der Waals surface area (Å²) in [5, 5.41) is 4.05. The van der Waals surface area contributed by atoms with Crippen LogP contribution in [0.4, 0.5) is 13.2 Å². The summed E-state index contributed by atoms with van der Waals surface area (Å²) in [5.41, 5.74) is 6.41. The van der Waals surface area contributed by atoms with Crippen LogP contribution in [0.25, 0.3) is 5.69 Å². The van der Waals surface area contributed by atoms with Crippen LogP contribution in [-0.4, -0.2) is 15.8 Å². The molecule has 7 heteroatoms. The molecular weight excluding hydrogens is 303 g/mol. The van der Waals surface area contributed by atoms with Crippen molar-refractivity contribution < 1.29 is 13.2 Å². The van der Waals surface area contributed by atoms with Crippen LogP contribution in [0.1, 0.15) is 24.5 Å². The maximum atomic E-state index is 12.6. The molecule has 2 N–H and O–H groups in total. The van der Waals surface area contributed by atoms with Crippen molar-refractivity contribution in [1.82, 2.24) is 9.78 Å². The molecular formula is C14H15ClF3N3. The molecule has 1 heterocycles. The number of rotatable bonds is 4. The summed E-state index contributed by atoms with van der Waals surface area (Å²) in [5.74, 6) is 0. The lowest BCUT2D eigenvalue weighted by molar-refractivity contribution is -0.137. The van der Waals surface area contributed by atoms with E-state index >= 15 is 0 Å². The highest BCUT2D eigenvalue weighted by molar-refractivity contribution is 6.32. The molecule has 0 radical (unpaired) electrons. The minimum atomic E-state index is -4.42. The largest absolute Gasteiger partial charge is 0.419 e. The van der Waals surface area contributed by atoms with Gasteiger partial charge in [0.05, 0.1) is 22.5 Å². The molecule has 21 heavy (non-hydrogen) atoms. The van der Waals surface area contributed by atoms with Crippen molar-refractivity contribution in [3.8, 4) is 5.69 Å². The van der Waals surface area contributed by atoms with Gasteiger partial charge in [-0.15, -0.1) is 0 Å². The van der Waals surface area contributed by atoms with Crippen molar-refractivity contribution >= 4 is 11.6 Å². The molecule has 1 aromatic carbocycles. The van der Waals surface area contributed by atoms with Crippen LogP contribution in [0.15, 0.2) is 30.6 Å². The molecule has 0 saturated carbocycles. The summed E-state index contributed by atoms with van der Waals surface area (Å²) in [6.07, 6.45) is -1.22. The predicted molar refractivity (Wildman–Crippen MR) is 75.5 cm³/mol. The van der Waals surface area contributed by atoms with E-state index < -0.39 is 11.7 Å². The summed E-state index contributed by atoms with van der Waals surface area (Å²) in [6.45, 7) is 1.99. The predicted octanol–water partition coefficient (Wildman–Crippen LogP) is 3.82. The van der Waals surface area contributed by atoms with E-state index in [0.717, 1.165) is 29.1 Å². The number of halogens is 4. The maximum absolute atomic E-state index is 12.6. The maximum Gasteiger partial charge on any atom is 0.419 e. The van der Waals surface area contributed by atoms with E-state index in [1.54, 1.807) is 18.2 Å². The Balaban J connectivity index is 2.27. The molecule has 0 aliphatic heterocycles. The van der Waals surface area contributed by atoms with Gasteiger partial charge in [-0.05, 0) is 30.5 Å². The van der Waals surface area contributed by atoms with Crippen molar-refractivity contribution in [2.24, 2.45) is 5.73 Å². The van der Waals surface area contributed by atoms with Crippen LogP contribution in [0.3, 0.4) is 0 Å². The molecule has 2 rings (SSSR count). The molecule has 114 valence electrons. The Morgan fingerprint density at radius 1 is 1.38 bits per heavy atom. The third-order valence-electron chi connectivity index (χ3n) is 3.19. The summed E-state index contributed by atoms with van der Waals surface area (Å²) in [6, 6.07) is 5.19. The van der Waals surface area contributed by atoms with E-state index in [1.807, 2.05) is 6.92 Å². The first-order valence-electron chi connectivity index (χ1n) is 6.47. The average molecular weight is 318 g/mol. The van der Waals surface area contributed by atoms with Crippen LogP contribution in [-0.2, 0) is 12.6 Å². The van der Waals surface area contributed by atoms with E-state index in [2.05, 4.69) is 5.10 Å². The Morgan fingerprint density at radius 2 is 2.10 bits per heavy atom. The van der Waals surface area contributed by atoms with Gasteiger partial charge in [-0.2, -0.15) is 18.3 Å². The van der Waals surface area contributed by atoms with Crippen molar-refractivity contribution in [3.05, 3.63) is 46.7 Å². The lowest BCUT2D eigenvalue weighted by Crippen LogP contribution is -2.21. The smallest absolute Gasteiger partial charge is 0.327 e. The molecule has 0 spiro atoms. The van der Waals surface area contributed by atoms with Crippen LogP contribution in [0, 0.1) is 0 Å². The van der Waals surface area contributed by atoms with Crippen LogP contribution < -0.4 is 5.73 Å². The number of aromatic nitrogens is 2. The fourth-order valence-electron chi connectivity index (χ4n) is 1.91. The fourth-order valence-corrected chi connectivity index (χ4v) is 2.20. The van der Waals surface area contributed by atoms with Crippen molar-refractivity contribution in [3.63, 3.8) is 0 Å². The second kappa shape index (κ2) is 6.07. The van der Waals surface area contributed by atoms with Crippen LogP contribution in [0.5, 0.6) is 0 Å². The Morgan fingerprint density at radius 3 is 2.62 bits per heavy atom. The zero-order valence-corrected chi connectivity index (χ0v) is 12.1. The molecule has 1 atom stereocenters. The number of hydrogen-bond acceptors (Lipinski definition) is 2. The Kier molecular flexibility index (Phi) is 4.58. The summed E-state index contributed by atoms with van der Waals surface area (Å²) in [7, 11) is 0. The normalized spacial score (nSPS) is 13.4. The molecule has 0 saturated heterocycles. The molecule has 1 aromatic heterocycles. The number of hydrogen-bond donors (Lipinski definition) is 1. The number of nitrogens with zero attached hydrogens (tertiary/aromatic N) is 2. The molecule has 2 aromatic rings. The topological polar surface area (TPSA) is 43.8 Å². The van der Waals surface area contributed by atoms with Gasteiger partial charge in [-0.25, -0.2) is 4.68 Å². The quantitative estimate of drug-likeness (QED) is 0.931. The summed E-state index contributed by atoms with van der Waals surface area (Å²) >= 11 is 6.13. The van der Waals surface area contributed by atoms with Crippen molar-refractivity contribution in [2.75, 3.05) is 0 Å². The van der Waals surface area contributed by atoms with Gasteiger partial charge in [0.25, 0.3) is 0 Å². The monoisotopic (exact) mass is 317 g/mol. The first-order chi connectivity index (χ1) is 9.81. The molecule has 1 unspecified atom stereocenters. The molecule has 0 bridgehead atoms. The molecule has 0 aliphatic rings. The van der Waals surface area contributed by atoms with Crippen molar-refractivity contribution in [2.45, 2.75) is 32.0 Å². The van der Waals surface area contributed by atoms with E-state index in [9.17, 15) is 13.2 Å². The van der Waals surface area contributed by atoms with E-state index in [0.29, 0.717) is 17.1 Å². The second-order valence-electron chi connectivity index (χ2n) is 4.83. The van der Waals surface area contributed by atoms with Gasteiger partial charge in [0.1, 0.15) is 0 Å². The third kappa shape index (κ3) is 3.77.